The summed E-state index contributed by atoms with van der Waals surface area (Å²) in [5.74, 6) is 0. The van der Waals surface area contributed by atoms with Gasteiger partial charge in [-0.25, -0.2) is 0 Å². The van der Waals surface area contributed by atoms with Gasteiger partial charge in [0.1, 0.15) is 11.2 Å². The molecule has 1 aromatic heterocycles. The zero-order chi connectivity index (χ0) is 46.3. The summed E-state index contributed by atoms with van der Waals surface area (Å²) in [7, 11) is -3.51. The smallest absolute Gasteiger partial charge is 0.301 e. The van der Waals surface area contributed by atoms with Crippen LogP contribution in [0.15, 0.2) is 247 Å². The Bertz CT molecular complexity index is 3800. The monoisotopic (exact) mass is 907 g/mol. The highest BCUT2D eigenvalue weighted by atomic mass is 31.2. The molecule has 0 amide bonds. The molecule has 6 heteroatoms. The Morgan fingerprint density at radius 1 is 0.435 bits per heavy atom. The number of anilines is 7. The first kappa shape index (κ1) is 40.9. The summed E-state index contributed by atoms with van der Waals surface area (Å²) in [6.45, 7) is 4.67. The largest absolute Gasteiger partial charge is 0.456 e. The van der Waals surface area contributed by atoms with E-state index in [4.69, 9.17) is 4.42 Å². The second kappa shape index (κ2) is 15.9. The summed E-state index contributed by atoms with van der Waals surface area (Å²) in [6, 6.07) is 84.8. The van der Waals surface area contributed by atoms with Gasteiger partial charge < -0.3 is 9.32 Å². The lowest BCUT2D eigenvalue weighted by atomic mass is 9.82. The van der Waals surface area contributed by atoms with Crippen LogP contribution in [-0.4, -0.2) is 0 Å². The molecule has 1 atom stereocenters. The second-order valence-electron chi connectivity index (χ2n) is 18.5. The molecule has 0 spiro atoms. The minimum Gasteiger partial charge on any atom is -0.456 e. The van der Waals surface area contributed by atoms with Gasteiger partial charge in [-0.15, -0.1) is 0 Å². The van der Waals surface area contributed by atoms with Crippen LogP contribution < -0.4 is 19.5 Å². The summed E-state index contributed by atoms with van der Waals surface area (Å²) in [5.41, 5.74) is 17.8. The third-order valence-corrected chi connectivity index (χ3v) is 17.1. The minimum absolute atomic E-state index is 0.153. The number of benzene rings is 10. The lowest BCUT2D eigenvalue weighted by Gasteiger charge is -2.33. The van der Waals surface area contributed by atoms with Crippen LogP contribution in [0.2, 0.25) is 0 Å². The Kier molecular flexibility index (Phi) is 9.40. The van der Waals surface area contributed by atoms with Gasteiger partial charge in [-0.2, -0.15) is 0 Å². The van der Waals surface area contributed by atoms with Gasteiger partial charge in [-0.1, -0.05) is 159 Å². The second-order valence-corrected chi connectivity index (χ2v) is 20.9. The van der Waals surface area contributed by atoms with Crippen LogP contribution in [-0.2, 0) is 9.98 Å². The number of para-hydroxylation sites is 2. The topological polar surface area (TPSA) is 39.9 Å². The zero-order valence-corrected chi connectivity index (χ0v) is 39.1. The number of furan rings is 1. The highest BCUT2D eigenvalue weighted by Gasteiger charge is 2.49. The number of hydrogen-bond donors (Lipinski definition) is 0. The molecule has 2 aliphatic rings. The fourth-order valence-corrected chi connectivity index (χ4v) is 13.9. The van der Waals surface area contributed by atoms with Crippen LogP contribution in [0.3, 0.4) is 0 Å². The predicted molar refractivity (Wildman–Crippen MR) is 288 cm³/mol. The summed E-state index contributed by atoms with van der Waals surface area (Å²) in [5, 5.41) is 2.81. The van der Waals surface area contributed by atoms with Crippen LogP contribution in [0.25, 0.3) is 55.3 Å². The quantitative estimate of drug-likeness (QED) is 0.142. The van der Waals surface area contributed by atoms with Crippen LogP contribution in [0.1, 0.15) is 25.0 Å². The molecule has 10 aromatic carbocycles. The summed E-state index contributed by atoms with van der Waals surface area (Å²) < 4.78 is 27.0. The molecular formula is C63H46N3O2P. The summed E-state index contributed by atoms with van der Waals surface area (Å²) in [6.07, 6.45) is 0. The lowest BCUT2D eigenvalue weighted by Crippen LogP contribution is -2.26. The SMILES string of the molecule is CC1(C)c2ccccc2-c2c(N(c3ccc(-c4ccccc4)cc3)c3ccc4oc5ccc(-c6ccc7c(c6)N(c6ccccc6)P(=O)(c6ccccc6)N7c6ccccc6)cc5c4c3)cccc21. The van der Waals surface area contributed by atoms with Crippen LogP contribution >= 0.6 is 7.44 Å². The molecule has 1 unspecified atom stereocenters. The van der Waals surface area contributed by atoms with Crippen LogP contribution in [0.5, 0.6) is 0 Å². The Labute approximate surface area is 402 Å². The highest BCUT2D eigenvalue weighted by molar-refractivity contribution is 7.76. The van der Waals surface area contributed by atoms with Crippen LogP contribution in [0, 0.1) is 0 Å². The van der Waals surface area contributed by atoms with E-state index in [-0.39, 0.29) is 5.41 Å². The lowest BCUT2D eigenvalue weighted by molar-refractivity contribution is 0.582. The van der Waals surface area contributed by atoms with E-state index in [0.29, 0.717) is 0 Å². The van der Waals surface area contributed by atoms with Crippen molar-refractivity contribution in [2.24, 2.45) is 0 Å². The standard InChI is InChI=1S/C63H46N3O2P/c1-63(2)55-27-16-15-26-52(55)62-56(63)28-17-29-58(62)64(47-34-30-44(31-35-47)43-18-7-3-8-19-43)50-36-39-61-54(42-50)53-40-45(33-38-60(53)68-61)46-32-37-57-59(41-46)66(49-22-11-5-12-23-49)69(67,51-24-13-6-14-25-51)65(57)48-20-9-4-10-21-48/h3-42H,1-2H3. The van der Waals surface area contributed by atoms with E-state index in [1.54, 1.807) is 0 Å². The Morgan fingerprint density at radius 3 is 1.67 bits per heavy atom. The van der Waals surface area contributed by atoms with Gasteiger partial charge in [-0.3, -0.25) is 13.9 Å². The van der Waals surface area contributed by atoms with Crippen molar-refractivity contribution in [2.75, 3.05) is 14.2 Å². The van der Waals surface area contributed by atoms with E-state index in [0.717, 1.165) is 78.2 Å². The number of nitrogens with zero attached hydrogens (tertiary/aromatic N) is 3. The fourth-order valence-electron chi connectivity index (χ4n) is 10.9. The molecule has 1 aliphatic carbocycles. The van der Waals surface area contributed by atoms with Crippen molar-refractivity contribution in [2.45, 2.75) is 19.3 Å². The third-order valence-electron chi connectivity index (χ3n) is 14.2. The van der Waals surface area contributed by atoms with E-state index in [1.165, 1.54) is 33.4 Å². The Hall–Kier alpha value is -8.37. The molecule has 69 heavy (non-hydrogen) atoms. The molecule has 13 rings (SSSR count). The molecule has 1 aliphatic heterocycles. The Balaban J connectivity index is 0.971. The van der Waals surface area contributed by atoms with Crippen molar-refractivity contribution in [3.63, 3.8) is 0 Å². The molecular weight excluding hydrogens is 862 g/mol. The number of hydrogen-bond acceptors (Lipinski definition) is 3. The predicted octanol–water partition coefficient (Wildman–Crippen LogP) is 17.5. The third kappa shape index (κ3) is 6.42. The molecule has 330 valence electrons. The van der Waals surface area contributed by atoms with E-state index < -0.39 is 7.44 Å². The summed E-state index contributed by atoms with van der Waals surface area (Å²) >= 11 is 0. The fraction of sp³-hybridized carbons (Fsp3) is 0.0476. The van der Waals surface area contributed by atoms with Crippen LogP contribution in [0.4, 0.5) is 39.8 Å². The molecule has 0 fully saturated rings. The van der Waals surface area contributed by atoms with Gasteiger partial charge in [0.05, 0.1) is 22.4 Å². The molecule has 11 aromatic rings. The minimum atomic E-state index is -3.51. The normalized spacial score (nSPS) is 15.6. The molecule has 0 radical (unpaired) electrons. The van der Waals surface area contributed by atoms with Crippen molar-refractivity contribution >= 4 is 74.5 Å². The van der Waals surface area contributed by atoms with Crippen molar-refractivity contribution in [1.29, 1.82) is 0 Å². The maximum absolute atomic E-state index is 16.2. The van der Waals surface area contributed by atoms with Gasteiger partial charge in [0.2, 0.25) is 0 Å². The highest BCUT2D eigenvalue weighted by Crippen LogP contribution is 2.70. The molecule has 2 heterocycles. The summed E-state index contributed by atoms with van der Waals surface area (Å²) in [4.78, 5) is 2.41. The Morgan fingerprint density at radius 2 is 0.957 bits per heavy atom. The number of rotatable bonds is 8. The van der Waals surface area contributed by atoms with Crippen molar-refractivity contribution in [3.05, 3.63) is 254 Å². The van der Waals surface area contributed by atoms with Crippen molar-refractivity contribution in [3.8, 4) is 33.4 Å². The molecule has 0 saturated heterocycles. The average Bonchev–Trinajstić information content (AvgIpc) is 3.99. The van der Waals surface area contributed by atoms with E-state index in [2.05, 4.69) is 175 Å². The van der Waals surface area contributed by atoms with E-state index in [1.807, 2.05) is 95.7 Å². The van der Waals surface area contributed by atoms with Gasteiger partial charge in [0.25, 0.3) is 0 Å². The molecule has 0 N–H and O–H groups in total. The van der Waals surface area contributed by atoms with Crippen molar-refractivity contribution in [1.82, 2.24) is 0 Å². The van der Waals surface area contributed by atoms with Gasteiger partial charge in [0, 0.05) is 44.5 Å². The van der Waals surface area contributed by atoms with Gasteiger partial charge in [-0.05, 0) is 136 Å². The van der Waals surface area contributed by atoms with Gasteiger partial charge in [0.15, 0.2) is 0 Å². The number of fused-ring (bicyclic) bond motifs is 7. The van der Waals surface area contributed by atoms with E-state index >= 15 is 4.57 Å². The van der Waals surface area contributed by atoms with Gasteiger partial charge >= 0.3 is 7.44 Å². The first-order valence-corrected chi connectivity index (χ1v) is 25.1. The van der Waals surface area contributed by atoms with Crippen molar-refractivity contribution < 1.29 is 8.98 Å². The first-order valence-electron chi connectivity index (χ1n) is 23.5. The average molecular weight is 908 g/mol. The zero-order valence-electron chi connectivity index (χ0n) is 38.2. The first-order chi connectivity index (χ1) is 33.9. The molecule has 0 bridgehead atoms. The maximum atomic E-state index is 16.2. The molecule has 5 nitrogen and oxygen atoms in total. The van der Waals surface area contributed by atoms with E-state index in [9.17, 15) is 0 Å². The maximum Gasteiger partial charge on any atom is 0.301 e. The molecule has 0 saturated carbocycles.